The maximum absolute atomic E-state index is 12.9. The molecule has 0 radical (unpaired) electrons. The van der Waals surface area contributed by atoms with Crippen molar-refractivity contribution in [3.63, 3.8) is 0 Å². The van der Waals surface area contributed by atoms with Gasteiger partial charge in [-0.05, 0) is 49.1 Å². The van der Waals surface area contributed by atoms with Gasteiger partial charge in [0, 0.05) is 29.2 Å². The highest BCUT2D eigenvalue weighted by molar-refractivity contribution is 5.99. The summed E-state index contributed by atoms with van der Waals surface area (Å²) in [6, 6.07) is 7.95. The molecule has 24 heavy (non-hydrogen) atoms. The molecular formula is C19H18N2O3. The molecule has 1 amide bonds. The van der Waals surface area contributed by atoms with Crippen LogP contribution in [0, 0.1) is 11.3 Å². The third kappa shape index (κ3) is 2.04. The summed E-state index contributed by atoms with van der Waals surface area (Å²) in [4.78, 5) is 16.1. The minimum Gasteiger partial charge on any atom is -0.458 e. The fourth-order valence-corrected chi connectivity index (χ4v) is 3.75. The Balaban J connectivity index is 1.35. The van der Waals surface area contributed by atoms with Crippen molar-refractivity contribution in [3.8, 4) is 0 Å². The largest absolute Gasteiger partial charge is 0.458 e. The topological polar surface area (TPSA) is 63.4 Å². The molecule has 2 N–H and O–H groups in total. The zero-order chi connectivity index (χ0) is 16.1. The van der Waals surface area contributed by atoms with E-state index in [9.17, 15) is 4.79 Å². The maximum atomic E-state index is 12.9. The quantitative estimate of drug-likeness (QED) is 0.906. The normalized spacial score (nSPS) is 23.6. The highest BCUT2D eigenvalue weighted by atomic mass is 16.7. The third-order valence-electron chi connectivity index (χ3n) is 5.37. The van der Waals surface area contributed by atoms with Crippen LogP contribution in [0.4, 0.5) is 5.69 Å². The Morgan fingerprint density at radius 2 is 2.17 bits per heavy atom. The number of amides is 1. The molecule has 0 saturated heterocycles. The second-order valence-electron chi connectivity index (χ2n) is 6.75. The third-order valence-corrected chi connectivity index (χ3v) is 5.37. The molecule has 1 atom stereocenters. The summed E-state index contributed by atoms with van der Waals surface area (Å²) in [6.45, 7) is 0.289. The molecule has 1 saturated carbocycles. The number of carbonyl (C=O) groups excluding carboxylic acids is 1. The van der Waals surface area contributed by atoms with Gasteiger partial charge in [0.25, 0.3) is 0 Å². The summed E-state index contributed by atoms with van der Waals surface area (Å²) < 4.78 is 10.9. The van der Waals surface area contributed by atoms with E-state index in [2.05, 4.69) is 16.4 Å². The molecule has 1 aromatic heterocycles. The van der Waals surface area contributed by atoms with Crippen molar-refractivity contribution in [3.05, 3.63) is 54.1 Å². The standard InChI is InChI=1S/C19H18N2O3/c22-18(21-14-2-3-15-12(9-14)5-8-20-15)19(6-7-19)13-1-4-16-17(10-13)24-11-23-16/h1-5,8-9,13,20H,6-7,10-11H2,(H,21,22). The van der Waals surface area contributed by atoms with Gasteiger partial charge in [-0.15, -0.1) is 0 Å². The number of nitrogens with one attached hydrogen (secondary N) is 2. The van der Waals surface area contributed by atoms with Gasteiger partial charge in [0.15, 0.2) is 5.76 Å². The van der Waals surface area contributed by atoms with Crippen molar-refractivity contribution in [2.75, 3.05) is 12.1 Å². The van der Waals surface area contributed by atoms with Crippen molar-refractivity contribution in [2.45, 2.75) is 19.3 Å². The van der Waals surface area contributed by atoms with Crippen LogP contribution in [0.15, 0.2) is 54.1 Å². The van der Waals surface area contributed by atoms with E-state index in [1.165, 1.54) is 0 Å². The average molecular weight is 322 g/mol. The van der Waals surface area contributed by atoms with Gasteiger partial charge < -0.3 is 19.8 Å². The van der Waals surface area contributed by atoms with Gasteiger partial charge in [-0.1, -0.05) is 6.08 Å². The highest BCUT2D eigenvalue weighted by Gasteiger charge is 2.55. The lowest BCUT2D eigenvalue weighted by Crippen LogP contribution is -2.31. The Bertz CT molecular complexity index is 889. The number of allylic oxidation sites excluding steroid dienone is 3. The van der Waals surface area contributed by atoms with Gasteiger partial charge in [0.2, 0.25) is 12.7 Å². The van der Waals surface area contributed by atoms with Crippen LogP contribution in [-0.4, -0.2) is 17.7 Å². The van der Waals surface area contributed by atoms with E-state index >= 15 is 0 Å². The Labute approximate surface area is 139 Å². The predicted octanol–water partition coefficient (Wildman–Crippen LogP) is 3.68. The van der Waals surface area contributed by atoms with Crippen LogP contribution in [0.25, 0.3) is 10.9 Å². The average Bonchev–Trinajstić information content (AvgIpc) is 3.05. The van der Waals surface area contributed by atoms with Gasteiger partial charge >= 0.3 is 0 Å². The molecule has 122 valence electrons. The van der Waals surface area contributed by atoms with Gasteiger partial charge in [-0.3, -0.25) is 4.79 Å². The molecular weight excluding hydrogens is 304 g/mol. The SMILES string of the molecule is O=C(Nc1ccc2[nH]ccc2c1)C1(C2C=CC3=C(C2)OCO3)CC1. The van der Waals surface area contributed by atoms with E-state index in [0.29, 0.717) is 0 Å². The number of fused-ring (bicyclic) bond motifs is 1. The zero-order valence-corrected chi connectivity index (χ0v) is 13.2. The van der Waals surface area contributed by atoms with E-state index < -0.39 is 0 Å². The van der Waals surface area contributed by atoms with Crippen LogP contribution in [0.5, 0.6) is 0 Å². The van der Waals surface area contributed by atoms with E-state index in [4.69, 9.17) is 9.47 Å². The first kappa shape index (κ1) is 13.7. The number of ether oxygens (including phenoxy) is 2. The smallest absolute Gasteiger partial charge is 0.231 e. The van der Waals surface area contributed by atoms with Crippen molar-refractivity contribution in [1.29, 1.82) is 0 Å². The second-order valence-corrected chi connectivity index (χ2v) is 6.75. The van der Waals surface area contributed by atoms with Crippen LogP contribution >= 0.6 is 0 Å². The minimum absolute atomic E-state index is 0.106. The van der Waals surface area contributed by atoms with Gasteiger partial charge in [0.05, 0.1) is 5.41 Å². The molecule has 3 aliphatic rings. The molecule has 2 heterocycles. The summed E-state index contributed by atoms with van der Waals surface area (Å²) in [6.07, 6.45) is 8.55. The summed E-state index contributed by atoms with van der Waals surface area (Å²) in [5.41, 5.74) is 1.61. The van der Waals surface area contributed by atoms with Crippen molar-refractivity contribution in [1.82, 2.24) is 4.98 Å². The first-order valence-electron chi connectivity index (χ1n) is 8.30. The molecule has 2 aromatic rings. The number of anilines is 1. The number of benzene rings is 1. The first-order chi connectivity index (χ1) is 11.7. The monoisotopic (exact) mass is 322 g/mol. The van der Waals surface area contributed by atoms with Gasteiger partial charge in [-0.2, -0.15) is 0 Å². The number of aromatic amines is 1. The van der Waals surface area contributed by atoms with Crippen LogP contribution in [0.1, 0.15) is 19.3 Å². The molecule has 0 bridgehead atoms. The summed E-state index contributed by atoms with van der Waals surface area (Å²) in [5, 5.41) is 4.21. The highest BCUT2D eigenvalue weighted by Crippen LogP contribution is 2.56. The van der Waals surface area contributed by atoms with E-state index in [-0.39, 0.29) is 24.0 Å². The van der Waals surface area contributed by atoms with Crippen molar-refractivity contribution in [2.24, 2.45) is 11.3 Å². The second kappa shape index (κ2) is 4.90. The number of hydrogen-bond acceptors (Lipinski definition) is 3. The van der Waals surface area contributed by atoms with Crippen LogP contribution in [0.3, 0.4) is 0 Å². The fourth-order valence-electron chi connectivity index (χ4n) is 3.75. The number of hydrogen-bond donors (Lipinski definition) is 2. The Kier molecular flexibility index (Phi) is 2.80. The number of rotatable bonds is 3. The predicted molar refractivity (Wildman–Crippen MR) is 89.9 cm³/mol. The maximum Gasteiger partial charge on any atom is 0.231 e. The number of carbonyl (C=O) groups is 1. The van der Waals surface area contributed by atoms with E-state index in [0.717, 1.165) is 47.4 Å². The summed E-state index contributed by atoms with van der Waals surface area (Å²) in [5.74, 6) is 1.99. The molecule has 1 unspecified atom stereocenters. The van der Waals surface area contributed by atoms with Crippen LogP contribution in [-0.2, 0) is 14.3 Å². The van der Waals surface area contributed by atoms with Crippen LogP contribution < -0.4 is 5.32 Å². The molecule has 5 nitrogen and oxygen atoms in total. The molecule has 2 aliphatic carbocycles. The minimum atomic E-state index is -0.311. The molecule has 5 rings (SSSR count). The molecule has 1 aliphatic heterocycles. The zero-order valence-electron chi connectivity index (χ0n) is 13.2. The first-order valence-corrected chi connectivity index (χ1v) is 8.30. The summed E-state index contributed by atoms with van der Waals surface area (Å²) >= 11 is 0. The Morgan fingerprint density at radius 3 is 3.04 bits per heavy atom. The molecule has 0 spiro atoms. The van der Waals surface area contributed by atoms with Crippen molar-refractivity contribution < 1.29 is 14.3 Å². The molecule has 5 heteroatoms. The number of H-pyrrole nitrogens is 1. The number of aromatic nitrogens is 1. The fraction of sp³-hybridized carbons (Fsp3) is 0.316. The lowest BCUT2D eigenvalue weighted by Gasteiger charge is -2.25. The van der Waals surface area contributed by atoms with Crippen molar-refractivity contribution >= 4 is 22.5 Å². The van der Waals surface area contributed by atoms with Gasteiger partial charge in [-0.25, -0.2) is 0 Å². The molecule has 1 fully saturated rings. The lowest BCUT2D eigenvalue weighted by atomic mass is 9.82. The summed E-state index contributed by atoms with van der Waals surface area (Å²) in [7, 11) is 0. The Morgan fingerprint density at radius 1 is 1.25 bits per heavy atom. The molecule has 1 aromatic carbocycles. The van der Waals surface area contributed by atoms with Crippen LogP contribution in [0.2, 0.25) is 0 Å². The van der Waals surface area contributed by atoms with Gasteiger partial charge in [0.1, 0.15) is 5.76 Å². The lowest BCUT2D eigenvalue weighted by molar-refractivity contribution is -0.122. The van der Waals surface area contributed by atoms with E-state index in [1.54, 1.807) is 0 Å². The Hall–Kier alpha value is -2.69. The van der Waals surface area contributed by atoms with E-state index in [1.807, 2.05) is 36.5 Å².